The van der Waals surface area contributed by atoms with Gasteiger partial charge in [0.05, 0.1) is 18.6 Å². The molecule has 2 amide bonds. The highest BCUT2D eigenvalue weighted by molar-refractivity contribution is 7.99. The van der Waals surface area contributed by atoms with Crippen LogP contribution in [0.4, 0.5) is 5.69 Å². The number of aromatic nitrogens is 3. The molecular formula is C19H21N5O3S. The maximum absolute atomic E-state index is 12.2. The first kappa shape index (κ1) is 19.7. The van der Waals surface area contributed by atoms with Crippen LogP contribution >= 0.6 is 11.8 Å². The third kappa shape index (κ3) is 4.80. The molecule has 8 nitrogen and oxygen atoms in total. The summed E-state index contributed by atoms with van der Waals surface area (Å²) >= 11 is 1.30. The molecule has 0 bridgehead atoms. The van der Waals surface area contributed by atoms with Crippen molar-refractivity contribution in [3.05, 3.63) is 59.8 Å². The van der Waals surface area contributed by atoms with Crippen LogP contribution in [0.25, 0.3) is 0 Å². The number of nitrogens with one attached hydrogen (secondary N) is 2. The average molecular weight is 399 g/mol. The zero-order valence-electron chi connectivity index (χ0n) is 15.6. The van der Waals surface area contributed by atoms with E-state index in [1.165, 1.54) is 18.0 Å². The molecule has 2 heterocycles. The molecular weight excluding hydrogens is 378 g/mol. The fourth-order valence-corrected chi connectivity index (χ4v) is 3.38. The molecule has 9 heteroatoms. The maximum atomic E-state index is 12.2. The van der Waals surface area contributed by atoms with E-state index in [0.717, 1.165) is 11.3 Å². The first-order valence-electron chi connectivity index (χ1n) is 8.80. The van der Waals surface area contributed by atoms with Crippen molar-refractivity contribution in [2.24, 2.45) is 0 Å². The monoisotopic (exact) mass is 399 g/mol. The van der Waals surface area contributed by atoms with Crippen LogP contribution in [0, 0.1) is 6.92 Å². The zero-order chi connectivity index (χ0) is 19.9. The number of hydrogen-bond acceptors (Lipinski definition) is 6. The number of aryl methyl sites for hydroxylation is 1. The number of hydrogen-bond donors (Lipinski definition) is 2. The van der Waals surface area contributed by atoms with Gasteiger partial charge in [0.1, 0.15) is 0 Å². The van der Waals surface area contributed by atoms with Crippen LogP contribution in [0.1, 0.15) is 28.9 Å². The third-order valence-electron chi connectivity index (χ3n) is 4.01. The standard InChI is InChI=1S/C19H21N5O3S/c1-3-24-16(11-20-18(26)15-9-6-10-27-15)22-23-19(24)28-12-17(25)21-14-8-5-4-7-13(14)2/h4-10H,3,11-12H2,1-2H3,(H,20,26)(H,21,25). The van der Waals surface area contributed by atoms with E-state index in [1.807, 2.05) is 42.7 Å². The fraction of sp³-hybridized carbons (Fsp3) is 0.263. The number of amides is 2. The highest BCUT2D eigenvalue weighted by atomic mass is 32.2. The van der Waals surface area contributed by atoms with Gasteiger partial charge in [-0.25, -0.2) is 0 Å². The van der Waals surface area contributed by atoms with E-state index in [1.54, 1.807) is 12.1 Å². The van der Waals surface area contributed by atoms with Gasteiger partial charge in [-0.05, 0) is 37.6 Å². The van der Waals surface area contributed by atoms with Crippen molar-refractivity contribution in [1.29, 1.82) is 0 Å². The van der Waals surface area contributed by atoms with E-state index >= 15 is 0 Å². The Labute approximate surface area is 166 Å². The van der Waals surface area contributed by atoms with Gasteiger partial charge < -0.3 is 19.6 Å². The Morgan fingerprint density at radius 1 is 1.18 bits per heavy atom. The summed E-state index contributed by atoms with van der Waals surface area (Å²) in [6.07, 6.45) is 1.44. The van der Waals surface area contributed by atoms with Crippen LogP contribution in [0.15, 0.2) is 52.2 Å². The highest BCUT2D eigenvalue weighted by Gasteiger charge is 2.15. The lowest BCUT2D eigenvalue weighted by Crippen LogP contribution is -2.24. The SMILES string of the molecule is CCn1c(CNC(=O)c2ccco2)nnc1SCC(=O)Nc1ccccc1C. The summed E-state index contributed by atoms with van der Waals surface area (Å²) in [4.78, 5) is 24.2. The molecule has 2 N–H and O–H groups in total. The van der Waals surface area contributed by atoms with Crippen molar-refractivity contribution in [1.82, 2.24) is 20.1 Å². The first-order chi connectivity index (χ1) is 13.6. The molecule has 28 heavy (non-hydrogen) atoms. The summed E-state index contributed by atoms with van der Waals surface area (Å²) in [5.41, 5.74) is 1.80. The molecule has 0 saturated heterocycles. The van der Waals surface area contributed by atoms with Gasteiger partial charge in [-0.15, -0.1) is 10.2 Å². The minimum atomic E-state index is -0.317. The zero-order valence-corrected chi connectivity index (χ0v) is 16.5. The predicted molar refractivity (Wildman–Crippen MR) is 106 cm³/mol. The lowest BCUT2D eigenvalue weighted by atomic mass is 10.2. The second kappa shape index (κ2) is 9.23. The number of benzene rings is 1. The molecule has 0 saturated carbocycles. The Morgan fingerprint density at radius 3 is 2.71 bits per heavy atom. The van der Waals surface area contributed by atoms with Crippen molar-refractivity contribution in [3.63, 3.8) is 0 Å². The van der Waals surface area contributed by atoms with Crippen LogP contribution in [-0.2, 0) is 17.9 Å². The molecule has 0 atom stereocenters. The van der Waals surface area contributed by atoms with E-state index in [2.05, 4.69) is 20.8 Å². The van der Waals surface area contributed by atoms with Crippen molar-refractivity contribution < 1.29 is 14.0 Å². The number of para-hydroxylation sites is 1. The Hall–Kier alpha value is -3.07. The minimum absolute atomic E-state index is 0.113. The Bertz CT molecular complexity index is 952. The number of carbonyl (C=O) groups is 2. The Kier molecular flexibility index (Phi) is 6.49. The lowest BCUT2D eigenvalue weighted by Gasteiger charge is -2.09. The molecule has 0 aliphatic heterocycles. The number of thioether (sulfide) groups is 1. The van der Waals surface area contributed by atoms with Gasteiger partial charge in [0.2, 0.25) is 5.91 Å². The van der Waals surface area contributed by atoms with Crippen LogP contribution < -0.4 is 10.6 Å². The summed E-state index contributed by atoms with van der Waals surface area (Å²) in [7, 11) is 0. The summed E-state index contributed by atoms with van der Waals surface area (Å²) in [6, 6.07) is 10.9. The quantitative estimate of drug-likeness (QED) is 0.565. The smallest absolute Gasteiger partial charge is 0.287 e. The molecule has 0 aliphatic rings. The molecule has 1 aromatic carbocycles. The summed E-state index contributed by atoms with van der Waals surface area (Å²) in [5, 5.41) is 14.6. The maximum Gasteiger partial charge on any atom is 0.287 e. The van der Waals surface area contributed by atoms with Crippen molar-refractivity contribution in [2.45, 2.75) is 32.1 Å². The second-order valence-corrected chi connectivity index (χ2v) is 6.90. The first-order valence-corrected chi connectivity index (χ1v) is 9.79. The largest absolute Gasteiger partial charge is 0.459 e. The van der Waals surface area contributed by atoms with E-state index in [-0.39, 0.29) is 29.9 Å². The molecule has 2 aromatic heterocycles. The van der Waals surface area contributed by atoms with Gasteiger partial charge in [-0.2, -0.15) is 0 Å². The van der Waals surface area contributed by atoms with Crippen LogP contribution in [-0.4, -0.2) is 32.3 Å². The normalized spacial score (nSPS) is 10.6. The van der Waals surface area contributed by atoms with Gasteiger partial charge in [0.25, 0.3) is 5.91 Å². The van der Waals surface area contributed by atoms with Crippen molar-refractivity contribution in [2.75, 3.05) is 11.1 Å². The lowest BCUT2D eigenvalue weighted by molar-refractivity contribution is -0.113. The highest BCUT2D eigenvalue weighted by Crippen LogP contribution is 2.19. The second-order valence-electron chi connectivity index (χ2n) is 5.95. The van der Waals surface area contributed by atoms with Crippen LogP contribution in [0.5, 0.6) is 0 Å². The predicted octanol–water partition coefficient (Wildman–Crippen LogP) is 2.86. The topological polar surface area (TPSA) is 102 Å². The Balaban J connectivity index is 1.56. The van der Waals surface area contributed by atoms with Gasteiger partial charge in [0, 0.05) is 12.2 Å². The summed E-state index contributed by atoms with van der Waals surface area (Å²) in [5.74, 6) is 0.639. The molecule has 146 valence electrons. The van der Waals surface area contributed by atoms with Gasteiger partial charge in [0.15, 0.2) is 16.7 Å². The molecule has 3 aromatic rings. The Morgan fingerprint density at radius 2 is 2.00 bits per heavy atom. The van der Waals surface area contributed by atoms with E-state index < -0.39 is 0 Å². The number of carbonyl (C=O) groups excluding carboxylic acids is 2. The number of anilines is 1. The molecule has 0 spiro atoms. The van der Waals surface area contributed by atoms with Gasteiger partial charge in [-0.3, -0.25) is 9.59 Å². The van der Waals surface area contributed by atoms with Crippen LogP contribution in [0.2, 0.25) is 0 Å². The van der Waals surface area contributed by atoms with Gasteiger partial charge >= 0.3 is 0 Å². The number of nitrogens with zero attached hydrogens (tertiary/aromatic N) is 3. The molecule has 0 unspecified atom stereocenters. The minimum Gasteiger partial charge on any atom is -0.459 e. The average Bonchev–Trinajstić information content (AvgIpc) is 3.36. The van der Waals surface area contributed by atoms with Crippen LogP contribution in [0.3, 0.4) is 0 Å². The van der Waals surface area contributed by atoms with Gasteiger partial charge in [-0.1, -0.05) is 30.0 Å². The molecule has 0 radical (unpaired) electrons. The van der Waals surface area contributed by atoms with Crippen molar-refractivity contribution in [3.8, 4) is 0 Å². The van der Waals surface area contributed by atoms with E-state index in [4.69, 9.17) is 4.42 Å². The third-order valence-corrected chi connectivity index (χ3v) is 4.98. The number of rotatable bonds is 8. The molecule has 0 aliphatic carbocycles. The van der Waals surface area contributed by atoms with Crippen molar-refractivity contribution >= 4 is 29.3 Å². The van der Waals surface area contributed by atoms with E-state index in [9.17, 15) is 9.59 Å². The fourth-order valence-electron chi connectivity index (χ4n) is 2.56. The molecule has 3 rings (SSSR count). The molecule has 0 fully saturated rings. The number of furan rings is 1. The van der Waals surface area contributed by atoms with E-state index in [0.29, 0.717) is 17.5 Å². The summed E-state index contributed by atoms with van der Waals surface area (Å²) in [6.45, 7) is 4.75. The summed E-state index contributed by atoms with van der Waals surface area (Å²) < 4.78 is 6.93.